The molecule has 1 aliphatic rings. The number of piperidine rings is 1. The Morgan fingerprint density at radius 3 is 2.78 bits per heavy atom. The van der Waals surface area contributed by atoms with Gasteiger partial charge in [-0.2, -0.15) is 0 Å². The lowest BCUT2D eigenvalue weighted by molar-refractivity contribution is 0.0553. The van der Waals surface area contributed by atoms with Crippen LogP contribution in [0.15, 0.2) is 48.5 Å². The van der Waals surface area contributed by atoms with E-state index in [9.17, 15) is 4.79 Å². The zero-order valence-corrected chi connectivity index (χ0v) is 15.6. The van der Waals surface area contributed by atoms with Crippen LogP contribution in [0.1, 0.15) is 36.0 Å². The number of aromatic amines is 1. The van der Waals surface area contributed by atoms with Crippen LogP contribution >= 0.6 is 0 Å². The van der Waals surface area contributed by atoms with Crippen LogP contribution in [0, 0.1) is 0 Å². The van der Waals surface area contributed by atoms with Gasteiger partial charge in [0, 0.05) is 37.4 Å². The summed E-state index contributed by atoms with van der Waals surface area (Å²) in [6.45, 7) is 1.53. The predicted molar refractivity (Wildman–Crippen MR) is 107 cm³/mol. The number of methoxy groups -OCH3 is 1. The smallest absolute Gasteiger partial charge is 0.254 e. The number of rotatable bonds is 5. The number of nitrogens with zero attached hydrogens (tertiary/aromatic N) is 2. The number of amides is 1. The first-order valence-electron chi connectivity index (χ1n) is 9.61. The number of hydrogen-bond donors (Lipinski definition) is 1. The van der Waals surface area contributed by atoms with E-state index in [1.165, 1.54) is 6.42 Å². The Morgan fingerprint density at radius 2 is 2.00 bits per heavy atom. The Labute approximate surface area is 159 Å². The fraction of sp³-hybridized carbons (Fsp3) is 0.364. The van der Waals surface area contributed by atoms with Gasteiger partial charge in [-0.1, -0.05) is 24.3 Å². The molecule has 1 aromatic heterocycles. The number of nitrogens with one attached hydrogen (secondary N) is 1. The quantitative estimate of drug-likeness (QED) is 0.737. The van der Waals surface area contributed by atoms with E-state index >= 15 is 0 Å². The van der Waals surface area contributed by atoms with Gasteiger partial charge in [-0.3, -0.25) is 4.79 Å². The van der Waals surface area contributed by atoms with E-state index in [-0.39, 0.29) is 11.9 Å². The highest BCUT2D eigenvalue weighted by molar-refractivity contribution is 5.95. The summed E-state index contributed by atoms with van der Waals surface area (Å²) in [6, 6.07) is 16.0. The molecule has 1 amide bonds. The second-order valence-corrected chi connectivity index (χ2v) is 7.11. The molecule has 2 heterocycles. The zero-order chi connectivity index (χ0) is 18.6. The first kappa shape index (κ1) is 17.7. The highest BCUT2D eigenvalue weighted by atomic mass is 16.5. The average Bonchev–Trinajstić information content (AvgIpc) is 3.16. The predicted octanol–water partition coefficient (Wildman–Crippen LogP) is 4.26. The van der Waals surface area contributed by atoms with Crippen molar-refractivity contribution in [2.45, 2.75) is 31.7 Å². The lowest BCUT2D eigenvalue weighted by Gasteiger charge is -2.36. The Kier molecular flexibility index (Phi) is 5.21. The van der Waals surface area contributed by atoms with Gasteiger partial charge in [-0.25, -0.2) is 4.98 Å². The van der Waals surface area contributed by atoms with E-state index in [0.717, 1.165) is 53.8 Å². The molecule has 1 atom stereocenters. The van der Waals surface area contributed by atoms with Crippen molar-refractivity contribution >= 4 is 16.9 Å². The van der Waals surface area contributed by atoms with Gasteiger partial charge in [0.2, 0.25) is 0 Å². The van der Waals surface area contributed by atoms with Gasteiger partial charge in [-0.05, 0) is 49.9 Å². The molecule has 0 unspecified atom stereocenters. The summed E-state index contributed by atoms with van der Waals surface area (Å²) in [5, 5.41) is 0. The molecule has 0 aliphatic carbocycles. The molecule has 3 aromatic rings. The van der Waals surface area contributed by atoms with Crippen LogP contribution in [-0.4, -0.2) is 47.1 Å². The molecule has 0 saturated carbocycles. The number of fused-ring (bicyclic) bond motifs is 1. The number of imidazole rings is 1. The summed E-state index contributed by atoms with van der Waals surface area (Å²) < 4.78 is 5.22. The third-order valence-electron chi connectivity index (χ3n) is 5.34. The Morgan fingerprint density at radius 1 is 1.19 bits per heavy atom. The number of carbonyl (C=O) groups excluding carboxylic acids is 1. The van der Waals surface area contributed by atoms with Crippen LogP contribution in [-0.2, 0) is 4.74 Å². The Hall–Kier alpha value is -2.66. The monoisotopic (exact) mass is 363 g/mol. The number of H-pyrrole nitrogens is 1. The molecule has 1 fully saturated rings. The van der Waals surface area contributed by atoms with E-state index in [1.54, 1.807) is 7.11 Å². The third kappa shape index (κ3) is 3.74. The van der Waals surface area contributed by atoms with Crippen LogP contribution in [0.5, 0.6) is 0 Å². The molecule has 1 saturated heterocycles. The second kappa shape index (κ2) is 7.92. The van der Waals surface area contributed by atoms with Crippen molar-refractivity contribution in [1.29, 1.82) is 0 Å². The number of likely N-dealkylation sites (tertiary alicyclic amines) is 1. The molecular formula is C22H25N3O2. The first-order valence-corrected chi connectivity index (χ1v) is 9.61. The zero-order valence-electron chi connectivity index (χ0n) is 15.6. The molecule has 4 rings (SSSR count). The minimum atomic E-state index is 0.118. The van der Waals surface area contributed by atoms with Crippen molar-refractivity contribution in [3.8, 4) is 11.4 Å². The summed E-state index contributed by atoms with van der Waals surface area (Å²) in [5.41, 5.74) is 3.68. The van der Waals surface area contributed by atoms with Crippen molar-refractivity contribution in [2.75, 3.05) is 20.3 Å². The Balaban J connectivity index is 1.53. The molecule has 0 spiro atoms. The van der Waals surface area contributed by atoms with E-state index in [4.69, 9.17) is 4.74 Å². The van der Waals surface area contributed by atoms with Crippen LogP contribution < -0.4 is 0 Å². The lowest BCUT2D eigenvalue weighted by Crippen LogP contribution is -2.44. The standard InChI is InChI=1S/C22H25N3O2/c1-27-15-13-18-6-4-5-14-25(18)22(26)17-11-9-16(10-12-17)21-23-19-7-2-3-8-20(19)24-21/h2-3,7-12,18H,4-6,13-15H2,1H3,(H,23,24)/t18-/m0/s1. The number of para-hydroxylation sites is 2. The van der Waals surface area contributed by atoms with Gasteiger partial charge in [0.25, 0.3) is 5.91 Å². The van der Waals surface area contributed by atoms with E-state index in [1.807, 2.05) is 53.4 Å². The maximum absolute atomic E-state index is 13.0. The Bertz CT molecular complexity index is 884. The first-order chi connectivity index (χ1) is 13.3. The highest BCUT2D eigenvalue weighted by Crippen LogP contribution is 2.24. The number of carbonyl (C=O) groups is 1. The van der Waals surface area contributed by atoms with Gasteiger partial charge in [0.05, 0.1) is 11.0 Å². The molecule has 0 radical (unpaired) electrons. The molecule has 140 valence electrons. The fourth-order valence-corrected chi connectivity index (χ4v) is 3.85. The van der Waals surface area contributed by atoms with Crippen LogP contribution in [0.2, 0.25) is 0 Å². The van der Waals surface area contributed by atoms with Gasteiger partial charge in [-0.15, -0.1) is 0 Å². The normalized spacial score (nSPS) is 17.4. The molecule has 1 N–H and O–H groups in total. The number of benzene rings is 2. The van der Waals surface area contributed by atoms with Crippen molar-refractivity contribution < 1.29 is 9.53 Å². The van der Waals surface area contributed by atoms with Crippen LogP contribution in [0.25, 0.3) is 22.4 Å². The van der Waals surface area contributed by atoms with E-state index in [0.29, 0.717) is 6.61 Å². The van der Waals surface area contributed by atoms with Crippen molar-refractivity contribution in [1.82, 2.24) is 14.9 Å². The summed E-state index contributed by atoms with van der Waals surface area (Å²) in [4.78, 5) is 23.0. The summed E-state index contributed by atoms with van der Waals surface area (Å²) in [6.07, 6.45) is 4.22. The molecule has 2 aromatic carbocycles. The molecule has 5 heteroatoms. The largest absolute Gasteiger partial charge is 0.385 e. The van der Waals surface area contributed by atoms with Crippen LogP contribution in [0.4, 0.5) is 0 Å². The van der Waals surface area contributed by atoms with Gasteiger partial charge < -0.3 is 14.6 Å². The van der Waals surface area contributed by atoms with Crippen molar-refractivity contribution in [2.24, 2.45) is 0 Å². The van der Waals surface area contributed by atoms with E-state index in [2.05, 4.69) is 9.97 Å². The molecule has 5 nitrogen and oxygen atoms in total. The summed E-state index contributed by atoms with van der Waals surface area (Å²) in [7, 11) is 1.71. The van der Waals surface area contributed by atoms with Gasteiger partial charge in [0.15, 0.2) is 0 Å². The average molecular weight is 363 g/mol. The van der Waals surface area contributed by atoms with Gasteiger partial charge >= 0.3 is 0 Å². The maximum atomic E-state index is 13.0. The number of aromatic nitrogens is 2. The highest BCUT2D eigenvalue weighted by Gasteiger charge is 2.27. The van der Waals surface area contributed by atoms with E-state index < -0.39 is 0 Å². The lowest BCUT2D eigenvalue weighted by atomic mass is 9.98. The van der Waals surface area contributed by atoms with Crippen LogP contribution in [0.3, 0.4) is 0 Å². The second-order valence-electron chi connectivity index (χ2n) is 7.11. The molecule has 0 bridgehead atoms. The topological polar surface area (TPSA) is 58.2 Å². The molecule has 27 heavy (non-hydrogen) atoms. The van der Waals surface area contributed by atoms with Crippen molar-refractivity contribution in [3.05, 3.63) is 54.1 Å². The minimum Gasteiger partial charge on any atom is -0.385 e. The summed E-state index contributed by atoms with van der Waals surface area (Å²) >= 11 is 0. The number of ether oxygens (including phenoxy) is 1. The SMILES string of the molecule is COCC[C@@H]1CCCCN1C(=O)c1ccc(-c2nc3ccccc3[nH]2)cc1. The number of hydrogen-bond acceptors (Lipinski definition) is 3. The summed E-state index contributed by atoms with van der Waals surface area (Å²) in [5.74, 6) is 0.943. The fourth-order valence-electron chi connectivity index (χ4n) is 3.85. The van der Waals surface area contributed by atoms with Gasteiger partial charge in [0.1, 0.15) is 5.82 Å². The third-order valence-corrected chi connectivity index (χ3v) is 5.34. The minimum absolute atomic E-state index is 0.118. The molecule has 1 aliphatic heterocycles. The van der Waals surface area contributed by atoms with Crippen molar-refractivity contribution in [3.63, 3.8) is 0 Å². The maximum Gasteiger partial charge on any atom is 0.254 e. The molecular weight excluding hydrogens is 338 g/mol.